The van der Waals surface area contributed by atoms with Gasteiger partial charge in [-0.2, -0.15) is 0 Å². The Labute approximate surface area is 156 Å². The van der Waals surface area contributed by atoms with Gasteiger partial charge in [0.05, 0.1) is 17.8 Å². The maximum atomic E-state index is 12.4. The first-order valence-electron chi connectivity index (χ1n) is 8.41. The molecule has 9 heteroatoms. The molecule has 138 valence electrons. The maximum Gasteiger partial charge on any atom is 0.317 e. The summed E-state index contributed by atoms with van der Waals surface area (Å²) in [6.45, 7) is 6.72. The molecule has 1 fully saturated rings. The minimum absolute atomic E-state index is 0.105. The summed E-state index contributed by atoms with van der Waals surface area (Å²) in [6.07, 6.45) is 1.64. The fourth-order valence-electron chi connectivity index (χ4n) is 2.84. The molecule has 3 N–H and O–H groups in total. The average Bonchev–Trinajstić information content (AvgIpc) is 2.97. The number of nitrogens with two attached hydrogens (primary N) is 1. The highest BCUT2D eigenvalue weighted by molar-refractivity contribution is 7.11. The molecule has 1 aliphatic heterocycles. The van der Waals surface area contributed by atoms with Gasteiger partial charge >= 0.3 is 6.03 Å². The van der Waals surface area contributed by atoms with Crippen molar-refractivity contribution in [3.63, 3.8) is 0 Å². The van der Waals surface area contributed by atoms with Gasteiger partial charge in [0.2, 0.25) is 0 Å². The number of nitrogens with zero attached hydrogens (tertiary/aromatic N) is 4. The highest BCUT2D eigenvalue weighted by atomic mass is 32.1. The van der Waals surface area contributed by atoms with E-state index in [0.717, 1.165) is 10.7 Å². The van der Waals surface area contributed by atoms with E-state index in [1.165, 1.54) is 4.88 Å². The second kappa shape index (κ2) is 7.69. The summed E-state index contributed by atoms with van der Waals surface area (Å²) in [5.41, 5.74) is 6.83. The lowest BCUT2D eigenvalue weighted by molar-refractivity contribution is 0.1000. The summed E-state index contributed by atoms with van der Waals surface area (Å²) >= 11 is 1.60. The van der Waals surface area contributed by atoms with Crippen LogP contribution in [0.5, 0.6) is 0 Å². The predicted molar refractivity (Wildman–Crippen MR) is 100 cm³/mol. The number of anilines is 1. The Morgan fingerprint density at radius 3 is 2.62 bits per heavy atom. The Balaban J connectivity index is 1.55. The van der Waals surface area contributed by atoms with E-state index < -0.39 is 5.91 Å². The van der Waals surface area contributed by atoms with E-state index in [2.05, 4.69) is 15.3 Å². The number of urea groups is 1. The van der Waals surface area contributed by atoms with Gasteiger partial charge in [0, 0.05) is 37.3 Å². The number of carbonyl (C=O) groups excluding carboxylic acids is 2. The van der Waals surface area contributed by atoms with Crippen molar-refractivity contribution in [3.8, 4) is 0 Å². The Kier molecular flexibility index (Phi) is 5.36. The zero-order valence-corrected chi connectivity index (χ0v) is 15.7. The summed E-state index contributed by atoms with van der Waals surface area (Å²) < 4.78 is 0. The van der Waals surface area contributed by atoms with Crippen molar-refractivity contribution >= 4 is 29.1 Å². The van der Waals surface area contributed by atoms with Crippen molar-refractivity contribution in [2.75, 3.05) is 31.1 Å². The molecule has 0 radical (unpaired) electrons. The Morgan fingerprint density at radius 2 is 2.00 bits per heavy atom. The molecular formula is C17H22N6O2S. The van der Waals surface area contributed by atoms with Crippen LogP contribution in [0.15, 0.2) is 18.3 Å². The van der Waals surface area contributed by atoms with Crippen LogP contribution in [0.4, 0.5) is 10.6 Å². The number of aromatic nitrogens is 2. The molecule has 0 saturated carbocycles. The summed E-state index contributed by atoms with van der Waals surface area (Å²) in [6, 6.07) is 3.25. The quantitative estimate of drug-likeness (QED) is 0.839. The number of carbonyl (C=O) groups is 2. The van der Waals surface area contributed by atoms with E-state index in [0.29, 0.717) is 44.1 Å². The van der Waals surface area contributed by atoms with Crippen LogP contribution in [-0.2, 0) is 6.54 Å². The molecule has 0 atom stereocenters. The number of rotatable bonds is 4. The van der Waals surface area contributed by atoms with Gasteiger partial charge in [-0.1, -0.05) is 0 Å². The third kappa shape index (κ3) is 3.93. The first-order valence-corrected chi connectivity index (χ1v) is 9.23. The lowest BCUT2D eigenvalue weighted by Gasteiger charge is -2.35. The smallest absolute Gasteiger partial charge is 0.317 e. The molecule has 3 heterocycles. The number of pyridine rings is 1. The van der Waals surface area contributed by atoms with Gasteiger partial charge in [-0.25, -0.2) is 14.8 Å². The molecule has 1 saturated heterocycles. The van der Waals surface area contributed by atoms with Crippen molar-refractivity contribution in [2.24, 2.45) is 5.73 Å². The third-order valence-corrected chi connectivity index (χ3v) is 5.46. The second-order valence-corrected chi connectivity index (χ2v) is 7.41. The fraction of sp³-hybridized carbons (Fsp3) is 0.412. The first kappa shape index (κ1) is 18.1. The molecule has 0 aliphatic carbocycles. The summed E-state index contributed by atoms with van der Waals surface area (Å²) in [4.78, 5) is 37.5. The summed E-state index contributed by atoms with van der Waals surface area (Å²) in [7, 11) is 0. The standard InChI is InChI=1S/C17H22N6O2S/c1-11-12(2)26-14(21-11)10-20-17(25)23-8-6-22(7-9-23)16-13(15(18)24)4-3-5-19-16/h3-5H,6-10H2,1-2H3,(H2,18,24)(H,20,25). The minimum Gasteiger partial charge on any atom is -0.365 e. The lowest BCUT2D eigenvalue weighted by Crippen LogP contribution is -2.52. The lowest BCUT2D eigenvalue weighted by atomic mass is 10.2. The van der Waals surface area contributed by atoms with E-state index in [1.807, 2.05) is 18.7 Å². The van der Waals surface area contributed by atoms with Crippen LogP contribution in [0.1, 0.15) is 25.9 Å². The maximum absolute atomic E-state index is 12.4. The fourth-order valence-corrected chi connectivity index (χ4v) is 3.71. The molecule has 0 bridgehead atoms. The van der Waals surface area contributed by atoms with Crippen LogP contribution in [0.3, 0.4) is 0 Å². The van der Waals surface area contributed by atoms with Crippen LogP contribution in [0.25, 0.3) is 0 Å². The van der Waals surface area contributed by atoms with Crippen LogP contribution >= 0.6 is 11.3 Å². The molecule has 3 amide bonds. The minimum atomic E-state index is -0.498. The second-order valence-electron chi connectivity index (χ2n) is 6.12. The molecule has 1 aliphatic rings. The van der Waals surface area contributed by atoms with Gasteiger partial charge in [0.15, 0.2) is 0 Å². The van der Waals surface area contributed by atoms with Gasteiger partial charge in [0.1, 0.15) is 10.8 Å². The zero-order chi connectivity index (χ0) is 18.7. The monoisotopic (exact) mass is 374 g/mol. The van der Waals surface area contributed by atoms with Crippen molar-refractivity contribution in [3.05, 3.63) is 39.5 Å². The predicted octanol–water partition coefficient (Wildman–Crippen LogP) is 1.29. The first-order chi connectivity index (χ1) is 12.5. The number of amides is 3. The third-order valence-electron chi connectivity index (χ3n) is 4.38. The van der Waals surface area contributed by atoms with E-state index in [-0.39, 0.29) is 6.03 Å². The van der Waals surface area contributed by atoms with Crippen molar-refractivity contribution in [1.82, 2.24) is 20.2 Å². The highest BCUT2D eigenvalue weighted by Gasteiger charge is 2.24. The molecule has 26 heavy (non-hydrogen) atoms. The van der Waals surface area contributed by atoms with Crippen LogP contribution < -0.4 is 16.0 Å². The molecular weight excluding hydrogens is 352 g/mol. The Morgan fingerprint density at radius 1 is 1.27 bits per heavy atom. The molecule has 0 unspecified atom stereocenters. The summed E-state index contributed by atoms with van der Waals surface area (Å²) in [5.74, 6) is 0.0797. The normalized spacial score (nSPS) is 14.4. The molecule has 8 nitrogen and oxygen atoms in total. The average molecular weight is 374 g/mol. The highest BCUT2D eigenvalue weighted by Crippen LogP contribution is 2.19. The molecule has 2 aromatic heterocycles. The number of thiazole rings is 1. The molecule has 0 aromatic carbocycles. The van der Waals surface area contributed by atoms with Crippen LogP contribution in [0.2, 0.25) is 0 Å². The molecule has 3 rings (SSSR count). The Hall–Kier alpha value is -2.68. The van der Waals surface area contributed by atoms with E-state index in [9.17, 15) is 9.59 Å². The Bertz CT molecular complexity index is 794. The van der Waals surface area contributed by atoms with Crippen LogP contribution in [-0.4, -0.2) is 53.0 Å². The topological polar surface area (TPSA) is 104 Å². The SMILES string of the molecule is Cc1nc(CNC(=O)N2CCN(c3ncccc3C(N)=O)CC2)sc1C. The van der Waals surface area contributed by atoms with Crippen molar-refractivity contribution in [2.45, 2.75) is 20.4 Å². The van der Waals surface area contributed by atoms with Gasteiger partial charge in [-0.3, -0.25) is 4.79 Å². The number of nitrogens with one attached hydrogen (secondary N) is 1. The molecule has 0 spiro atoms. The van der Waals surface area contributed by atoms with Gasteiger partial charge < -0.3 is 20.9 Å². The number of hydrogen-bond acceptors (Lipinski definition) is 6. The summed E-state index contributed by atoms with van der Waals surface area (Å²) in [5, 5.41) is 3.83. The number of piperazine rings is 1. The van der Waals surface area contributed by atoms with E-state index in [4.69, 9.17) is 5.73 Å². The number of hydrogen-bond donors (Lipinski definition) is 2. The van der Waals surface area contributed by atoms with Crippen molar-refractivity contribution < 1.29 is 9.59 Å². The van der Waals surface area contributed by atoms with E-state index in [1.54, 1.807) is 34.6 Å². The molecule has 2 aromatic rings. The van der Waals surface area contributed by atoms with Crippen molar-refractivity contribution in [1.29, 1.82) is 0 Å². The van der Waals surface area contributed by atoms with Gasteiger partial charge in [0.25, 0.3) is 5.91 Å². The van der Waals surface area contributed by atoms with Crippen LogP contribution in [0, 0.1) is 13.8 Å². The largest absolute Gasteiger partial charge is 0.365 e. The van der Waals surface area contributed by atoms with Gasteiger partial charge in [-0.15, -0.1) is 11.3 Å². The number of primary amides is 1. The van der Waals surface area contributed by atoms with Gasteiger partial charge in [-0.05, 0) is 26.0 Å². The number of aryl methyl sites for hydroxylation is 2. The zero-order valence-electron chi connectivity index (χ0n) is 14.9. The van der Waals surface area contributed by atoms with E-state index >= 15 is 0 Å².